The lowest BCUT2D eigenvalue weighted by molar-refractivity contribution is 0.184. The molecule has 0 amide bonds. The molecule has 0 heterocycles. The third-order valence-electron chi connectivity index (χ3n) is 2.08. The summed E-state index contributed by atoms with van der Waals surface area (Å²) in [6, 6.07) is 3.49. The maximum absolute atomic E-state index is 13.6. The highest BCUT2D eigenvalue weighted by Crippen LogP contribution is 2.23. The minimum absolute atomic E-state index is 0.0750. The Balaban J connectivity index is 2.91. The number of methoxy groups -OCH3 is 1. The SMILES string of the molecule is COCc1cc(Br)c(F)c(CCCO)c1. The quantitative estimate of drug-likeness (QED) is 0.896. The van der Waals surface area contributed by atoms with Crippen molar-refractivity contribution < 1.29 is 14.2 Å². The van der Waals surface area contributed by atoms with Gasteiger partial charge in [0.15, 0.2) is 0 Å². The molecule has 15 heavy (non-hydrogen) atoms. The third kappa shape index (κ3) is 3.55. The van der Waals surface area contributed by atoms with Gasteiger partial charge in [-0.2, -0.15) is 0 Å². The second-order valence-electron chi connectivity index (χ2n) is 3.31. The summed E-state index contributed by atoms with van der Waals surface area (Å²) in [6.07, 6.45) is 1.11. The summed E-state index contributed by atoms with van der Waals surface area (Å²) in [4.78, 5) is 0. The van der Waals surface area contributed by atoms with Crippen molar-refractivity contribution in [2.45, 2.75) is 19.4 Å². The fraction of sp³-hybridized carbons (Fsp3) is 0.455. The number of halogens is 2. The van der Waals surface area contributed by atoms with Crippen LogP contribution in [0.15, 0.2) is 16.6 Å². The van der Waals surface area contributed by atoms with Crippen molar-refractivity contribution in [2.75, 3.05) is 13.7 Å². The standard InChI is InChI=1S/C11H14BrFO2/c1-15-7-8-5-9(3-2-4-14)11(13)10(12)6-8/h5-6,14H,2-4,7H2,1H3. The first-order valence-corrected chi connectivity index (χ1v) is 5.55. The minimum Gasteiger partial charge on any atom is -0.396 e. The van der Waals surface area contributed by atoms with Crippen molar-refractivity contribution in [3.8, 4) is 0 Å². The van der Waals surface area contributed by atoms with Gasteiger partial charge in [-0.15, -0.1) is 0 Å². The van der Waals surface area contributed by atoms with Crippen molar-refractivity contribution >= 4 is 15.9 Å². The second kappa shape index (κ2) is 6.20. The first kappa shape index (κ1) is 12.6. The highest BCUT2D eigenvalue weighted by Gasteiger charge is 2.08. The van der Waals surface area contributed by atoms with Crippen LogP contribution < -0.4 is 0 Å². The van der Waals surface area contributed by atoms with E-state index in [1.807, 2.05) is 0 Å². The van der Waals surface area contributed by atoms with E-state index in [2.05, 4.69) is 15.9 Å². The summed E-state index contributed by atoms with van der Waals surface area (Å²) in [5.74, 6) is -0.247. The molecule has 2 nitrogen and oxygen atoms in total. The minimum atomic E-state index is -0.247. The number of hydrogen-bond donors (Lipinski definition) is 1. The molecule has 0 saturated carbocycles. The average Bonchev–Trinajstić information content (AvgIpc) is 2.21. The molecule has 84 valence electrons. The molecule has 1 aromatic carbocycles. The molecule has 0 fully saturated rings. The summed E-state index contributed by atoms with van der Waals surface area (Å²) in [7, 11) is 1.60. The Labute approximate surface area is 97.2 Å². The fourth-order valence-corrected chi connectivity index (χ4v) is 1.96. The summed E-state index contributed by atoms with van der Waals surface area (Å²) < 4.78 is 19.0. The van der Waals surface area contributed by atoms with Crippen LogP contribution in [-0.4, -0.2) is 18.8 Å². The predicted molar refractivity (Wildman–Crippen MR) is 60.2 cm³/mol. The number of aliphatic hydroxyl groups excluding tert-OH is 1. The van der Waals surface area contributed by atoms with Gasteiger partial charge >= 0.3 is 0 Å². The van der Waals surface area contributed by atoms with E-state index in [1.165, 1.54) is 0 Å². The number of aryl methyl sites for hydroxylation is 1. The molecule has 1 aromatic rings. The van der Waals surface area contributed by atoms with Crippen molar-refractivity contribution in [2.24, 2.45) is 0 Å². The van der Waals surface area contributed by atoms with E-state index in [1.54, 1.807) is 19.2 Å². The maximum atomic E-state index is 13.6. The number of ether oxygens (including phenoxy) is 1. The molecule has 0 bridgehead atoms. The van der Waals surface area contributed by atoms with E-state index < -0.39 is 0 Å². The van der Waals surface area contributed by atoms with E-state index in [9.17, 15) is 4.39 Å². The van der Waals surface area contributed by atoms with Crippen LogP contribution in [0.3, 0.4) is 0 Å². The molecule has 0 aliphatic heterocycles. The monoisotopic (exact) mass is 276 g/mol. The van der Waals surface area contributed by atoms with Gasteiger partial charge in [-0.05, 0) is 46.0 Å². The first-order valence-electron chi connectivity index (χ1n) is 4.75. The Morgan fingerprint density at radius 3 is 2.80 bits per heavy atom. The van der Waals surface area contributed by atoms with E-state index in [0.29, 0.717) is 29.5 Å². The lowest BCUT2D eigenvalue weighted by Crippen LogP contribution is -1.98. The molecule has 1 rings (SSSR count). The number of aliphatic hydroxyl groups is 1. The zero-order valence-corrected chi connectivity index (χ0v) is 10.2. The molecule has 4 heteroatoms. The zero-order chi connectivity index (χ0) is 11.3. The molecule has 0 aliphatic rings. The van der Waals surface area contributed by atoms with Crippen LogP contribution >= 0.6 is 15.9 Å². The molecule has 0 spiro atoms. The van der Waals surface area contributed by atoms with E-state index in [-0.39, 0.29) is 12.4 Å². The summed E-state index contributed by atoms with van der Waals surface area (Å²) in [5, 5.41) is 8.70. The lowest BCUT2D eigenvalue weighted by Gasteiger charge is -2.07. The Morgan fingerprint density at radius 2 is 2.20 bits per heavy atom. The normalized spacial score (nSPS) is 10.7. The Bertz CT molecular complexity index is 329. The maximum Gasteiger partial charge on any atom is 0.140 e. The van der Waals surface area contributed by atoms with Gasteiger partial charge in [-0.1, -0.05) is 6.07 Å². The van der Waals surface area contributed by atoms with Gasteiger partial charge in [-0.25, -0.2) is 4.39 Å². The molecular formula is C11H14BrFO2. The van der Waals surface area contributed by atoms with Gasteiger partial charge in [0.25, 0.3) is 0 Å². The van der Waals surface area contributed by atoms with Crippen molar-refractivity contribution in [1.29, 1.82) is 0 Å². The summed E-state index contributed by atoms with van der Waals surface area (Å²) in [5.41, 5.74) is 1.55. The van der Waals surface area contributed by atoms with Gasteiger partial charge in [0, 0.05) is 13.7 Å². The van der Waals surface area contributed by atoms with Crippen LogP contribution in [0, 0.1) is 5.82 Å². The smallest absolute Gasteiger partial charge is 0.140 e. The molecule has 0 aromatic heterocycles. The Hall–Kier alpha value is -0.450. The molecule has 0 atom stereocenters. The molecule has 0 radical (unpaired) electrons. The number of rotatable bonds is 5. The summed E-state index contributed by atoms with van der Waals surface area (Å²) in [6.45, 7) is 0.538. The molecule has 0 unspecified atom stereocenters. The van der Waals surface area contributed by atoms with Gasteiger partial charge in [0.05, 0.1) is 11.1 Å². The topological polar surface area (TPSA) is 29.5 Å². The highest BCUT2D eigenvalue weighted by molar-refractivity contribution is 9.10. The van der Waals surface area contributed by atoms with Crippen LogP contribution in [0.1, 0.15) is 17.5 Å². The zero-order valence-electron chi connectivity index (χ0n) is 8.59. The van der Waals surface area contributed by atoms with Gasteiger partial charge in [0.1, 0.15) is 5.82 Å². The van der Waals surface area contributed by atoms with Crippen LogP contribution in [0.2, 0.25) is 0 Å². The van der Waals surface area contributed by atoms with Crippen LogP contribution in [0.25, 0.3) is 0 Å². The Morgan fingerprint density at radius 1 is 1.47 bits per heavy atom. The van der Waals surface area contributed by atoms with Crippen molar-refractivity contribution in [1.82, 2.24) is 0 Å². The Kier molecular flexibility index (Phi) is 5.22. The summed E-state index contributed by atoms with van der Waals surface area (Å²) >= 11 is 3.17. The average molecular weight is 277 g/mol. The first-order chi connectivity index (χ1) is 7.19. The lowest BCUT2D eigenvalue weighted by atomic mass is 10.1. The van der Waals surface area contributed by atoms with E-state index in [0.717, 1.165) is 5.56 Å². The fourth-order valence-electron chi connectivity index (χ4n) is 1.41. The van der Waals surface area contributed by atoms with Gasteiger partial charge in [-0.3, -0.25) is 0 Å². The molecule has 1 N–H and O–H groups in total. The van der Waals surface area contributed by atoms with Crippen molar-refractivity contribution in [3.63, 3.8) is 0 Å². The number of benzene rings is 1. The van der Waals surface area contributed by atoms with Gasteiger partial charge < -0.3 is 9.84 Å². The third-order valence-corrected chi connectivity index (χ3v) is 2.66. The molecule has 0 aliphatic carbocycles. The largest absolute Gasteiger partial charge is 0.396 e. The highest BCUT2D eigenvalue weighted by atomic mass is 79.9. The van der Waals surface area contributed by atoms with Crippen LogP contribution in [0.5, 0.6) is 0 Å². The second-order valence-corrected chi connectivity index (χ2v) is 4.17. The molecule has 0 saturated heterocycles. The molecular weight excluding hydrogens is 263 g/mol. The number of hydrogen-bond acceptors (Lipinski definition) is 2. The van der Waals surface area contributed by atoms with Crippen molar-refractivity contribution in [3.05, 3.63) is 33.5 Å². The van der Waals surface area contributed by atoms with Gasteiger partial charge in [0.2, 0.25) is 0 Å². The van der Waals surface area contributed by atoms with Crippen LogP contribution in [0.4, 0.5) is 4.39 Å². The predicted octanol–water partition coefficient (Wildman–Crippen LogP) is 2.66. The van der Waals surface area contributed by atoms with Crippen LogP contribution in [-0.2, 0) is 17.8 Å². The van der Waals surface area contributed by atoms with E-state index >= 15 is 0 Å². The van der Waals surface area contributed by atoms with E-state index in [4.69, 9.17) is 9.84 Å².